The molecule has 2 heterocycles. The summed E-state index contributed by atoms with van der Waals surface area (Å²) in [5.74, 6) is 1.07. The molecule has 0 aliphatic carbocycles. The fraction of sp³-hybridized carbons (Fsp3) is 0.238. The molecule has 0 spiro atoms. The Balaban J connectivity index is 1.71. The molecule has 0 unspecified atom stereocenters. The largest absolute Gasteiger partial charge is 0.444 e. The van der Waals surface area contributed by atoms with Crippen molar-refractivity contribution in [1.82, 2.24) is 15.2 Å². The highest BCUT2D eigenvalue weighted by Gasteiger charge is 2.29. The number of fused-ring (bicyclic) bond motifs is 3. The SMILES string of the molecule is CCCCSc1nnc2c(n1)O[C@@H](C(=O)c1ccccc1)Nc1ccccc1-2. The lowest BCUT2D eigenvalue weighted by molar-refractivity contribution is 0.0823. The Kier molecular flexibility index (Phi) is 5.53. The molecule has 0 saturated heterocycles. The van der Waals surface area contributed by atoms with Crippen molar-refractivity contribution in [3.63, 3.8) is 0 Å². The van der Waals surface area contributed by atoms with E-state index in [1.807, 2.05) is 42.5 Å². The van der Waals surface area contributed by atoms with Crippen LogP contribution in [0.1, 0.15) is 30.1 Å². The maximum Gasteiger partial charge on any atom is 0.247 e. The van der Waals surface area contributed by atoms with Crippen molar-refractivity contribution in [3.8, 4) is 17.1 Å². The van der Waals surface area contributed by atoms with E-state index in [0.717, 1.165) is 29.8 Å². The second-order valence-corrected chi connectivity index (χ2v) is 7.43. The molecule has 28 heavy (non-hydrogen) atoms. The lowest BCUT2D eigenvalue weighted by Gasteiger charge is -2.17. The van der Waals surface area contributed by atoms with Gasteiger partial charge in [-0.15, -0.1) is 10.2 Å². The topological polar surface area (TPSA) is 77.0 Å². The number of ether oxygens (including phenoxy) is 1. The van der Waals surface area contributed by atoms with Crippen LogP contribution in [0.25, 0.3) is 11.3 Å². The molecule has 4 rings (SSSR count). The molecule has 7 heteroatoms. The van der Waals surface area contributed by atoms with Gasteiger partial charge in [0.25, 0.3) is 0 Å². The van der Waals surface area contributed by atoms with Crippen LogP contribution in [0, 0.1) is 0 Å². The molecule has 0 fully saturated rings. The minimum Gasteiger partial charge on any atom is -0.444 e. The Morgan fingerprint density at radius 1 is 1.11 bits per heavy atom. The predicted octanol–water partition coefficient (Wildman–Crippen LogP) is 4.44. The van der Waals surface area contributed by atoms with Gasteiger partial charge in [-0.1, -0.05) is 73.6 Å². The molecular formula is C21H20N4O2S. The van der Waals surface area contributed by atoms with Gasteiger partial charge in [0, 0.05) is 22.6 Å². The zero-order valence-electron chi connectivity index (χ0n) is 15.5. The van der Waals surface area contributed by atoms with Crippen molar-refractivity contribution in [3.05, 3.63) is 60.2 Å². The van der Waals surface area contributed by atoms with Gasteiger partial charge in [0.15, 0.2) is 5.69 Å². The van der Waals surface area contributed by atoms with Crippen molar-refractivity contribution in [2.75, 3.05) is 11.1 Å². The third kappa shape index (κ3) is 3.84. The number of aromatic nitrogens is 3. The van der Waals surface area contributed by atoms with Crippen molar-refractivity contribution < 1.29 is 9.53 Å². The second kappa shape index (κ2) is 8.39. The van der Waals surface area contributed by atoms with Gasteiger partial charge in [-0.25, -0.2) is 0 Å². The van der Waals surface area contributed by atoms with E-state index in [2.05, 4.69) is 27.4 Å². The van der Waals surface area contributed by atoms with E-state index in [1.54, 1.807) is 23.9 Å². The molecule has 2 aromatic carbocycles. The molecule has 142 valence electrons. The standard InChI is InChI=1S/C21H20N4O2S/c1-2-3-13-28-21-23-19-17(24-25-21)15-11-7-8-12-16(15)22-20(27-19)18(26)14-9-5-4-6-10-14/h4-12,20,22H,2-3,13H2,1H3/t20-/m0/s1. The number of anilines is 1. The molecule has 1 aliphatic rings. The summed E-state index contributed by atoms with van der Waals surface area (Å²) in [5.41, 5.74) is 2.68. The molecule has 1 N–H and O–H groups in total. The summed E-state index contributed by atoms with van der Waals surface area (Å²) < 4.78 is 6.01. The van der Waals surface area contributed by atoms with Crippen LogP contribution in [0.4, 0.5) is 5.69 Å². The number of unbranched alkanes of at least 4 members (excludes halogenated alkanes) is 1. The van der Waals surface area contributed by atoms with Crippen LogP contribution in [0.3, 0.4) is 0 Å². The Morgan fingerprint density at radius 3 is 2.71 bits per heavy atom. The first kappa shape index (κ1) is 18.4. The Bertz CT molecular complexity index is 981. The monoisotopic (exact) mass is 392 g/mol. The Morgan fingerprint density at radius 2 is 1.89 bits per heavy atom. The molecule has 1 aliphatic heterocycles. The van der Waals surface area contributed by atoms with Crippen LogP contribution in [-0.4, -0.2) is 32.9 Å². The number of hydrogen-bond acceptors (Lipinski definition) is 7. The molecule has 0 bridgehead atoms. The van der Waals surface area contributed by atoms with Gasteiger partial charge >= 0.3 is 0 Å². The van der Waals surface area contributed by atoms with E-state index in [-0.39, 0.29) is 5.78 Å². The average Bonchev–Trinajstić information content (AvgIpc) is 2.90. The van der Waals surface area contributed by atoms with E-state index >= 15 is 0 Å². The van der Waals surface area contributed by atoms with E-state index in [4.69, 9.17) is 4.74 Å². The highest BCUT2D eigenvalue weighted by atomic mass is 32.2. The summed E-state index contributed by atoms with van der Waals surface area (Å²) in [6.07, 6.45) is 1.29. The van der Waals surface area contributed by atoms with Crippen LogP contribution < -0.4 is 10.1 Å². The number of thioether (sulfide) groups is 1. The first-order valence-electron chi connectivity index (χ1n) is 9.25. The van der Waals surface area contributed by atoms with Gasteiger partial charge < -0.3 is 10.1 Å². The third-order valence-corrected chi connectivity index (χ3v) is 5.28. The summed E-state index contributed by atoms with van der Waals surface area (Å²) >= 11 is 1.54. The molecule has 0 saturated carbocycles. The van der Waals surface area contributed by atoms with E-state index in [9.17, 15) is 4.79 Å². The fourth-order valence-electron chi connectivity index (χ4n) is 2.89. The van der Waals surface area contributed by atoms with Crippen molar-refractivity contribution >= 4 is 23.2 Å². The fourth-order valence-corrected chi connectivity index (χ4v) is 3.75. The van der Waals surface area contributed by atoms with Gasteiger partial charge in [0.1, 0.15) is 0 Å². The van der Waals surface area contributed by atoms with Gasteiger partial charge in [-0.2, -0.15) is 4.98 Å². The Labute approximate surface area is 167 Å². The first-order chi connectivity index (χ1) is 13.8. The number of carbonyl (C=O) groups excluding carboxylic acids is 1. The molecule has 0 radical (unpaired) electrons. The number of hydrogen-bond donors (Lipinski definition) is 1. The molecular weight excluding hydrogens is 372 g/mol. The van der Waals surface area contributed by atoms with Gasteiger partial charge in [0.2, 0.25) is 23.0 Å². The minimum atomic E-state index is -0.894. The lowest BCUT2D eigenvalue weighted by atomic mass is 10.1. The van der Waals surface area contributed by atoms with Crippen LogP contribution in [0.5, 0.6) is 5.88 Å². The second-order valence-electron chi connectivity index (χ2n) is 6.37. The number of carbonyl (C=O) groups is 1. The Hall–Kier alpha value is -2.93. The number of nitrogens with zero attached hydrogens (tertiary/aromatic N) is 3. The average molecular weight is 392 g/mol. The smallest absolute Gasteiger partial charge is 0.247 e. The van der Waals surface area contributed by atoms with Crippen molar-refractivity contribution in [2.24, 2.45) is 0 Å². The van der Waals surface area contributed by atoms with Crippen LogP contribution in [0.2, 0.25) is 0 Å². The molecule has 6 nitrogen and oxygen atoms in total. The van der Waals surface area contributed by atoms with E-state index in [0.29, 0.717) is 22.3 Å². The zero-order valence-corrected chi connectivity index (χ0v) is 16.3. The first-order valence-corrected chi connectivity index (χ1v) is 10.2. The zero-order chi connectivity index (χ0) is 19.3. The quantitative estimate of drug-likeness (QED) is 0.377. The minimum absolute atomic E-state index is 0.165. The molecule has 3 aromatic rings. The summed E-state index contributed by atoms with van der Waals surface area (Å²) in [7, 11) is 0. The van der Waals surface area contributed by atoms with Crippen molar-refractivity contribution in [1.29, 1.82) is 0 Å². The highest BCUT2D eigenvalue weighted by Crippen LogP contribution is 2.36. The summed E-state index contributed by atoms with van der Waals surface area (Å²) in [4.78, 5) is 17.6. The summed E-state index contributed by atoms with van der Waals surface area (Å²) in [6, 6.07) is 16.7. The number of Topliss-reactive ketones (excluding diaryl/α,β-unsaturated/α-hetero) is 1. The predicted molar refractivity (Wildman–Crippen MR) is 110 cm³/mol. The van der Waals surface area contributed by atoms with Crippen molar-refractivity contribution in [2.45, 2.75) is 31.1 Å². The van der Waals surface area contributed by atoms with Crippen LogP contribution in [0.15, 0.2) is 59.8 Å². The number of benzene rings is 2. The molecule has 1 aromatic heterocycles. The number of nitrogens with one attached hydrogen (secondary N) is 1. The third-order valence-electron chi connectivity index (χ3n) is 4.36. The number of ketones is 1. The summed E-state index contributed by atoms with van der Waals surface area (Å²) in [6.45, 7) is 2.14. The van der Waals surface area contributed by atoms with Gasteiger partial charge in [0.05, 0.1) is 0 Å². The molecule has 1 atom stereocenters. The lowest BCUT2D eigenvalue weighted by Crippen LogP contribution is -2.35. The summed E-state index contributed by atoms with van der Waals surface area (Å²) in [5, 5.41) is 12.3. The van der Waals surface area contributed by atoms with Crippen LogP contribution >= 0.6 is 11.8 Å². The van der Waals surface area contributed by atoms with Gasteiger partial charge in [-0.05, 0) is 12.5 Å². The highest BCUT2D eigenvalue weighted by molar-refractivity contribution is 7.99. The van der Waals surface area contributed by atoms with E-state index < -0.39 is 6.23 Å². The number of rotatable bonds is 6. The molecule has 0 amide bonds. The number of para-hydroxylation sites is 1. The maximum atomic E-state index is 13.0. The van der Waals surface area contributed by atoms with E-state index in [1.165, 1.54) is 0 Å². The normalized spacial score (nSPS) is 14.8. The maximum absolute atomic E-state index is 13.0. The van der Waals surface area contributed by atoms with Gasteiger partial charge in [-0.3, -0.25) is 4.79 Å². The van der Waals surface area contributed by atoms with Crippen LogP contribution in [-0.2, 0) is 0 Å².